The standard InChI is InChI=1S/C8H10FN/c1-5-3-4-7(9)8(10)6(5)2/h3-4H,10H2,1-2H3. The lowest BCUT2D eigenvalue weighted by atomic mass is 10.1. The molecule has 10 heavy (non-hydrogen) atoms. The maximum Gasteiger partial charge on any atom is 0.146 e. The average Bonchev–Trinajstić information content (AvgIpc) is 1.93. The minimum atomic E-state index is -0.330. The van der Waals surface area contributed by atoms with Crippen LogP contribution in [0.15, 0.2) is 12.1 Å². The Morgan fingerprint density at radius 1 is 1.30 bits per heavy atom. The van der Waals surface area contributed by atoms with E-state index in [1.807, 2.05) is 13.8 Å². The monoisotopic (exact) mass is 139 g/mol. The Morgan fingerprint density at radius 3 is 2.40 bits per heavy atom. The van der Waals surface area contributed by atoms with Crippen molar-refractivity contribution in [3.8, 4) is 0 Å². The molecule has 1 nitrogen and oxygen atoms in total. The van der Waals surface area contributed by atoms with Crippen molar-refractivity contribution in [1.82, 2.24) is 0 Å². The van der Waals surface area contributed by atoms with E-state index >= 15 is 0 Å². The van der Waals surface area contributed by atoms with Crippen molar-refractivity contribution < 1.29 is 4.39 Å². The zero-order valence-electron chi connectivity index (χ0n) is 6.11. The first kappa shape index (κ1) is 7.06. The third-order valence-corrected chi connectivity index (χ3v) is 1.73. The molecule has 0 spiro atoms. The molecule has 0 fully saturated rings. The summed E-state index contributed by atoms with van der Waals surface area (Å²) in [6, 6.07) is 3.11. The van der Waals surface area contributed by atoms with E-state index in [2.05, 4.69) is 0 Å². The fourth-order valence-corrected chi connectivity index (χ4v) is 0.804. The number of aryl methyl sites for hydroxylation is 1. The smallest absolute Gasteiger partial charge is 0.146 e. The third-order valence-electron chi connectivity index (χ3n) is 1.73. The molecule has 0 atom stereocenters. The molecule has 0 aliphatic heterocycles. The molecule has 0 heterocycles. The fourth-order valence-electron chi connectivity index (χ4n) is 0.804. The van der Waals surface area contributed by atoms with E-state index in [4.69, 9.17) is 5.73 Å². The molecular weight excluding hydrogens is 129 g/mol. The number of nitrogens with two attached hydrogens (primary N) is 1. The molecule has 0 aromatic heterocycles. The van der Waals surface area contributed by atoms with Gasteiger partial charge in [0.05, 0.1) is 5.69 Å². The van der Waals surface area contributed by atoms with Crippen LogP contribution in [-0.4, -0.2) is 0 Å². The Morgan fingerprint density at radius 2 is 1.90 bits per heavy atom. The molecular formula is C8H10FN. The van der Waals surface area contributed by atoms with E-state index in [9.17, 15) is 4.39 Å². The maximum atomic E-state index is 12.6. The summed E-state index contributed by atoms with van der Waals surface area (Å²) < 4.78 is 12.6. The Labute approximate surface area is 59.7 Å². The van der Waals surface area contributed by atoms with Crippen LogP contribution < -0.4 is 5.73 Å². The normalized spacial score (nSPS) is 9.90. The van der Waals surface area contributed by atoms with Crippen LogP contribution in [0.5, 0.6) is 0 Å². The second-order valence-corrected chi connectivity index (χ2v) is 2.40. The Balaban J connectivity index is 3.34. The summed E-state index contributed by atoms with van der Waals surface area (Å²) in [5.41, 5.74) is 7.53. The van der Waals surface area contributed by atoms with Gasteiger partial charge in [0.15, 0.2) is 0 Å². The molecule has 1 aromatic rings. The lowest BCUT2D eigenvalue weighted by molar-refractivity contribution is 0.631. The van der Waals surface area contributed by atoms with E-state index in [0.29, 0.717) is 0 Å². The van der Waals surface area contributed by atoms with Gasteiger partial charge < -0.3 is 5.73 Å². The van der Waals surface area contributed by atoms with Gasteiger partial charge in [0.2, 0.25) is 0 Å². The van der Waals surface area contributed by atoms with Crippen molar-refractivity contribution in [2.24, 2.45) is 0 Å². The number of anilines is 1. The molecule has 54 valence electrons. The minimum absolute atomic E-state index is 0.264. The van der Waals surface area contributed by atoms with Crippen LogP contribution in [0.1, 0.15) is 11.1 Å². The van der Waals surface area contributed by atoms with Gasteiger partial charge in [0.25, 0.3) is 0 Å². The molecule has 0 saturated heterocycles. The average molecular weight is 139 g/mol. The van der Waals surface area contributed by atoms with E-state index in [-0.39, 0.29) is 11.5 Å². The zero-order valence-corrected chi connectivity index (χ0v) is 6.11. The minimum Gasteiger partial charge on any atom is -0.396 e. The van der Waals surface area contributed by atoms with Crippen LogP contribution in [0, 0.1) is 19.7 Å². The van der Waals surface area contributed by atoms with Gasteiger partial charge in [-0.15, -0.1) is 0 Å². The van der Waals surface area contributed by atoms with E-state index in [0.717, 1.165) is 11.1 Å². The highest BCUT2D eigenvalue weighted by Crippen LogP contribution is 2.17. The largest absolute Gasteiger partial charge is 0.396 e. The summed E-state index contributed by atoms with van der Waals surface area (Å²) in [4.78, 5) is 0. The number of hydrogen-bond acceptors (Lipinski definition) is 1. The van der Waals surface area contributed by atoms with Crippen molar-refractivity contribution in [3.05, 3.63) is 29.1 Å². The first-order valence-electron chi connectivity index (χ1n) is 3.14. The Bertz CT molecular complexity index is 229. The lowest BCUT2D eigenvalue weighted by Gasteiger charge is -2.03. The van der Waals surface area contributed by atoms with Gasteiger partial charge in [0, 0.05) is 0 Å². The number of hydrogen-bond donors (Lipinski definition) is 1. The van der Waals surface area contributed by atoms with Crippen molar-refractivity contribution in [2.45, 2.75) is 13.8 Å². The molecule has 0 saturated carbocycles. The molecule has 0 amide bonds. The first-order valence-corrected chi connectivity index (χ1v) is 3.14. The van der Waals surface area contributed by atoms with Gasteiger partial charge in [-0.1, -0.05) is 6.07 Å². The van der Waals surface area contributed by atoms with Crippen LogP contribution in [0.3, 0.4) is 0 Å². The summed E-state index contributed by atoms with van der Waals surface area (Å²) >= 11 is 0. The van der Waals surface area contributed by atoms with Crippen molar-refractivity contribution >= 4 is 5.69 Å². The highest BCUT2D eigenvalue weighted by atomic mass is 19.1. The van der Waals surface area contributed by atoms with Gasteiger partial charge in [-0.3, -0.25) is 0 Å². The predicted molar refractivity (Wildman–Crippen MR) is 40.3 cm³/mol. The fraction of sp³-hybridized carbons (Fsp3) is 0.250. The van der Waals surface area contributed by atoms with E-state index in [1.165, 1.54) is 6.07 Å². The topological polar surface area (TPSA) is 26.0 Å². The Kier molecular flexibility index (Phi) is 1.62. The van der Waals surface area contributed by atoms with Crippen LogP contribution >= 0.6 is 0 Å². The SMILES string of the molecule is Cc1ccc(F)c(N)c1C. The van der Waals surface area contributed by atoms with Gasteiger partial charge in [-0.2, -0.15) is 0 Å². The van der Waals surface area contributed by atoms with E-state index < -0.39 is 0 Å². The Hall–Kier alpha value is -1.05. The van der Waals surface area contributed by atoms with E-state index in [1.54, 1.807) is 6.07 Å². The van der Waals surface area contributed by atoms with Gasteiger partial charge in [-0.25, -0.2) is 4.39 Å². The molecule has 0 aliphatic carbocycles. The lowest BCUT2D eigenvalue weighted by Crippen LogP contribution is -1.95. The van der Waals surface area contributed by atoms with Crippen molar-refractivity contribution in [1.29, 1.82) is 0 Å². The third kappa shape index (κ3) is 0.967. The van der Waals surface area contributed by atoms with Crippen LogP contribution in [0.2, 0.25) is 0 Å². The van der Waals surface area contributed by atoms with Gasteiger partial charge in [0.1, 0.15) is 5.82 Å². The summed E-state index contributed by atoms with van der Waals surface area (Å²) in [5, 5.41) is 0. The van der Waals surface area contributed by atoms with Gasteiger partial charge in [-0.05, 0) is 31.0 Å². The predicted octanol–water partition coefficient (Wildman–Crippen LogP) is 2.02. The van der Waals surface area contributed by atoms with Crippen LogP contribution in [-0.2, 0) is 0 Å². The summed E-state index contributed by atoms with van der Waals surface area (Å²) in [6.07, 6.45) is 0. The second kappa shape index (κ2) is 2.29. The molecule has 1 aromatic carbocycles. The highest BCUT2D eigenvalue weighted by molar-refractivity contribution is 5.50. The molecule has 0 aliphatic rings. The quantitative estimate of drug-likeness (QED) is 0.547. The molecule has 0 unspecified atom stereocenters. The maximum absolute atomic E-state index is 12.6. The van der Waals surface area contributed by atoms with Crippen molar-refractivity contribution in [2.75, 3.05) is 5.73 Å². The zero-order chi connectivity index (χ0) is 7.72. The first-order chi connectivity index (χ1) is 4.63. The molecule has 0 bridgehead atoms. The summed E-state index contributed by atoms with van der Waals surface area (Å²) in [7, 11) is 0. The molecule has 2 heteroatoms. The van der Waals surface area contributed by atoms with Gasteiger partial charge >= 0.3 is 0 Å². The summed E-state index contributed by atoms with van der Waals surface area (Å²) in [5.74, 6) is -0.330. The molecule has 1 rings (SSSR count). The van der Waals surface area contributed by atoms with Crippen molar-refractivity contribution in [3.63, 3.8) is 0 Å². The second-order valence-electron chi connectivity index (χ2n) is 2.40. The number of halogens is 1. The number of nitrogen functional groups attached to an aromatic ring is 1. The highest BCUT2D eigenvalue weighted by Gasteiger charge is 2.01. The number of rotatable bonds is 0. The molecule has 0 radical (unpaired) electrons. The van der Waals surface area contributed by atoms with Crippen LogP contribution in [0.4, 0.5) is 10.1 Å². The molecule has 2 N–H and O–H groups in total. The van der Waals surface area contributed by atoms with Crippen LogP contribution in [0.25, 0.3) is 0 Å². The summed E-state index contributed by atoms with van der Waals surface area (Å²) in [6.45, 7) is 3.72. The number of benzene rings is 1.